The van der Waals surface area contributed by atoms with E-state index >= 15 is 0 Å². The molecule has 4 heteroatoms. The maximum absolute atomic E-state index is 13.2. The zero-order valence-corrected chi connectivity index (χ0v) is 17.6. The van der Waals surface area contributed by atoms with Crippen molar-refractivity contribution in [2.24, 2.45) is 0 Å². The number of aryl methyl sites for hydroxylation is 1. The second-order valence-corrected chi connectivity index (χ2v) is 8.19. The van der Waals surface area contributed by atoms with Gasteiger partial charge in [0, 0.05) is 12.6 Å². The Morgan fingerprint density at radius 1 is 1.00 bits per heavy atom. The Hall–Kier alpha value is -2.62. The second kappa shape index (κ2) is 10.2. The van der Waals surface area contributed by atoms with Gasteiger partial charge in [-0.3, -0.25) is 9.59 Å². The summed E-state index contributed by atoms with van der Waals surface area (Å²) >= 11 is 0. The number of amides is 2. The number of carbonyl (C=O) groups is 2. The molecule has 1 aliphatic rings. The molecule has 2 amide bonds. The van der Waals surface area contributed by atoms with Crippen molar-refractivity contribution in [1.29, 1.82) is 0 Å². The van der Waals surface area contributed by atoms with Crippen molar-refractivity contribution in [3.05, 3.63) is 71.3 Å². The van der Waals surface area contributed by atoms with E-state index in [0.29, 0.717) is 13.0 Å². The smallest absolute Gasteiger partial charge is 0.242 e. The van der Waals surface area contributed by atoms with Gasteiger partial charge in [0.05, 0.1) is 6.42 Å². The first-order chi connectivity index (χ1) is 14.0. The molecule has 3 rings (SSSR count). The molecule has 0 heterocycles. The third-order valence-corrected chi connectivity index (χ3v) is 5.75. The summed E-state index contributed by atoms with van der Waals surface area (Å²) in [6, 6.07) is 17.6. The van der Waals surface area contributed by atoms with Crippen LogP contribution in [-0.2, 0) is 22.6 Å². The maximum atomic E-state index is 13.2. The van der Waals surface area contributed by atoms with Crippen LogP contribution in [0.3, 0.4) is 0 Å². The van der Waals surface area contributed by atoms with Crippen molar-refractivity contribution < 1.29 is 9.59 Å². The van der Waals surface area contributed by atoms with Crippen LogP contribution in [0.25, 0.3) is 0 Å². The summed E-state index contributed by atoms with van der Waals surface area (Å²) in [4.78, 5) is 27.9. The first-order valence-corrected chi connectivity index (χ1v) is 10.7. The van der Waals surface area contributed by atoms with Crippen LogP contribution in [-0.4, -0.2) is 28.8 Å². The Kier molecular flexibility index (Phi) is 7.45. The van der Waals surface area contributed by atoms with E-state index in [2.05, 4.69) is 5.32 Å². The van der Waals surface area contributed by atoms with Crippen LogP contribution in [0.4, 0.5) is 0 Å². The standard InChI is InChI=1S/C25H32N2O2/c1-19-10-9-13-22(16-19)17-24(28)27(18-21-11-5-3-6-12-21)20(2)25(29)26-23-14-7-4-8-15-23/h3,5-6,9-13,16,20,23H,4,7-8,14-15,17-18H2,1-2H3,(H,26,29). The normalized spacial score (nSPS) is 15.5. The van der Waals surface area contributed by atoms with Gasteiger partial charge in [-0.2, -0.15) is 0 Å². The molecule has 0 bridgehead atoms. The minimum absolute atomic E-state index is 0.0225. The fourth-order valence-corrected chi connectivity index (χ4v) is 4.03. The number of nitrogens with one attached hydrogen (secondary N) is 1. The van der Waals surface area contributed by atoms with Gasteiger partial charge in [-0.25, -0.2) is 0 Å². The highest BCUT2D eigenvalue weighted by Gasteiger charge is 2.28. The predicted octanol–water partition coefficient (Wildman–Crippen LogP) is 4.40. The van der Waals surface area contributed by atoms with Crippen molar-refractivity contribution in [3.8, 4) is 0 Å². The van der Waals surface area contributed by atoms with E-state index in [9.17, 15) is 9.59 Å². The molecule has 0 aromatic heterocycles. The topological polar surface area (TPSA) is 49.4 Å². The van der Waals surface area contributed by atoms with E-state index in [-0.39, 0.29) is 17.9 Å². The fourth-order valence-electron chi connectivity index (χ4n) is 4.03. The molecular weight excluding hydrogens is 360 g/mol. The first-order valence-electron chi connectivity index (χ1n) is 10.7. The van der Waals surface area contributed by atoms with Crippen LogP contribution >= 0.6 is 0 Å². The molecule has 0 radical (unpaired) electrons. The Balaban J connectivity index is 1.73. The summed E-state index contributed by atoms with van der Waals surface area (Å²) in [5.74, 6) is -0.0730. The molecule has 1 N–H and O–H groups in total. The molecule has 0 saturated heterocycles. The molecule has 1 aliphatic carbocycles. The van der Waals surface area contributed by atoms with Crippen molar-refractivity contribution >= 4 is 11.8 Å². The summed E-state index contributed by atoms with van der Waals surface area (Å²) < 4.78 is 0. The number of nitrogens with zero attached hydrogens (tertiary/aromatic N) is 1. The summed E-state index contributed by atoms with van der Waals surface area (Å²) in [5.41, 5.74) is 3.14. The van der Waals surface area contributed by atoms with Gasteiger partial charge in [-0.05, 0) is 37.8 Å². The Bertz CT molecular complexity index is 813. The molecule has 29 heavy (non-hydrogen) atoms. The lowest BCUT2D eigenvalue weighted by molar-refractivity contribution is -0.140. The van der Waals surface area contributed by atoms with Gasteiger partial charge in [0.15, 0.2) is 0 Å². The third kappa shape index (κ3) is 6.18. The van der Waals surface area contributed by atoms with Gasteiger partial charge in [0.25, 0.3) is 0 Å². The minimum Gasteiger partial charge on any atom is -0.352 e. The van der Waals surface area contributed by atoms with Crippen molar-refractivity contribution in [1.82, 2.24) is 10.2 Å². The molecule has 2 aromatic carbocycles. The molecule has 2 aromatic rings. The molecule has 154 valence electrons. The van der Waals surface area contributed by atoms with E-state index in [4.69, 9.17) is 0 Å². The molecule has 4 nitrogen and oxygen atoms in total. The molecule has 1 fully saturated rings. The number of hydrogen-bond donors (Lipinski definition) is 1. The summed E-state index contributed by atoms with van der Waals surface area (Å²) in [7, 11) is 0. The van der Waals surface area contributed by atoms with Crippen LogP contribution in [0.2, 0.25) is 0 Å². The van der Waals surface area contributed by atoms with E-state index in [1.165, 1.54) is 19.3 Å². The molecule has 1 unspecified atom stereocenters. The van der Waals surface area contributed by atoms with E-state index in [0.717, 1.165) is 29.5 Å². The Morgan fingerprint density at radius 3 is 2.38 bits per heavy atom. The van der Waals surface area contributed by atoms with E-state index in [1.807, 2.05) is 68.4 Å². The number of rotatable bonds is 7. The van der Waals surface area contributed by atoms with Crippen LogP contribution in [0.1, 0.15) is 55.7 Å². The van der Waals surface area contributed by atoms with E-state index < -0.39 is 6.04 Å². The third-order valence-electron chi connectivity index (χ3n) is 5.75. The maximum Gasteiger partial charge on any atom is 0.242 e. The van der Waals surface area contributed by atoms with Crippen molar-refractivity contribution in [2.45, 2.75) is 71.0 Å². The highest BCUT2D eigenvalue weighted by atomic mass is 16.2. The molecule has 1 saturated carbocycles. The Morgan fingerprint density at radius 2 is 1.69 bits per heavy atom. The summed E-state index contributed by atoms with van der Waals surface area (Å²) in [6.07, 6.45) is 5.95. The lowest BCUT2D eigenvalue weighted by atomic mass is 9.95. The van der Waals surface area contributed by atoms with Crippen LogP contribution in [0.5, 0.6) is 0 Å². The van der Waals surface area contributed by atoms with Gasteiger partial charge in [0.1, 0.15) is 6.04 Å². The minimum atomic E-state index is -0.505. The largest absolute Gasteiger partial charge is 0.352 e. The van der Waals surface area contributed by atoms with Crippen LogP contribution < -0.4 is 5.32 Å². The Labute approximate surface area is 174 Å². The zero-order chi connectivity index (χ0) is 20.6. The van der Waals surface area contributed by atoms with Crippen LogP contribution in [0, 0.1) is 6.92 Å². The second-order valence-electron chi connectivity index (χ2n) is 8.19. The van der Waals surface area contributed by atoms with Crippen molar-refractivity contribution in [3.63, 3.8) is 0 Å². The number of carbonyl (C=O) groups excluding carboxylic acids is 2. The molecule has 0 spiro atoms. The van der Waals surface area contributed by atoms with Gasteiger partial charge in [0.2, 0.25) is 11.8 Å². The quantitative estimate of drug-likeness (QED) is 0.759. The van der Waals surface area contributed by atoms with Crippen molar-refractivity contribution in [2.75, 3.05) is 0 Å². The highest BCUT2D eigenvalue weighted by Crippen LogP contribution is 2.18. The number of benzene rings is 2. The average Bonchev–Trinajstić information content (AvgIpc) is 2.73. The van der Waals surface area contributed by atoms with Gasteiger partial charge in [-0.15, -0.1) is 0 Å². The van der Waals surface area contributed by atoms with Gasteiger partial charge < -0.3 is 10.2 Å². The zero-order valence-electron chi connectivity index (χ0n) is 17.6. The summed E-state index contributed by atoms with van der Waals surface area (Å²) in [6.45, 7) is 4.30. The van der Waals surface area contributed by atoms with Gasteiger partial charge in [-0.1, -0.05) is 79.4 Å². The molecule has 1 atom stereocenters. The lowest BCUT2D eigenvalue weighted by Gasteiger charge is -2.31. The van der Waals surface area contributed by atoms with Gasteiger partial charge >= 0.3 is 0 Å². The summed E-state index contributed by atoms with van der Waals surface area (Å²) in [5, 5.41) is 3.18. The van der Waals surface area contributed by atoms with E-state index in [1.54, 1.807) is 4.90 Å². The first kappa shape index (κ1) is 21.1. The molecule has 0 aliphatic heterocycles. The number of hydrogen-bond acceptors (Lipinski definition) is 2. The average molecular weight is 393 g/mol. The lowest BCUT2D eigenvalue weighted by Crippen LogP contribution is -2.50. The highest BCUT2D eigenvalue weighted by molar-refractivity contribution is 5.88. The van der Waals surface area contributed by atoms with Crippen LogP contribution in [0.15, 0.2) is 54.6 Å². The molecular formula is C25H32N2O2. The monoisotopic (exact) mass is 392 g/mol. The SMILES string of the molecule is Cc1cccc(CC(=O)N(Cc2ccccc2)C(C)C(=O)NC2CCCCC2)c1. The predicted molar refractivity (Wildman–Crippen MR) is 116 cm³/mol. The fraction of sp³-hybridized carbons (Fsp3) is 0.440.